The topological polar surface area (TPSA) is 32.3 Å². The van der Waals surface area contributed by atoms with Crippen LogP contribution in [-0.2, 0) is 4.79 Å². The van der Waals surface area contributed by atoms with Gasteiger partial charge in [-0.2, -0.15) is 0 Å². The molecule has 1 heterocycles. The molecular formula is C14H26N2O. The van der Waals surface area contributed by atoms with E-state index in [0.717, 1.165) is 18.8 Å². The van der Waals surface area contributed by atoms with Crippen molar-refractivity contribution in [2.45, 2.75) is 71.6 Å². The minimum absolute atomic E-state index is 0.0584. The molecule has 1 amide bonds. The van der Waals surface area contributed by atoms with Gasteiger partial charge in [-0.15, -0.1) is 0 Å². The van der Waals surface area contributed by atoms with Crippen LogP contribution in [-0.4, -0.2) is 29.1 Å². The van der Waals surface area contributed by atoms with Crippen molar-refractivity contribution in [3.8, 4) is 0 Å². The minimum atomic E-state index is 0.0584. The minimum Gasteiger partial charge on any atom is -0.323 e. The van der Waals surface area contributed by atoms with E-state index >= 15 is 0 Å². The highest BCUT2D eigenvalue weighted by Gasteiger charge is 2.50. The normalized spacial score (nSPS) is 38.6. The Labute approximate surface area is 105 Å². The average molecular weight is 238 g/mol. The van der Waals surface area contributed by atoms with Gasteiger partial charge >= 0.3 is 0 Å². The van der Waals surface area contributed by atoms with Gasteiger partial charge in [-0.25, -0.2) is 0 Å². The lowest BCUT2D eigenvalue weighted by atomic mass is 9.99. The molecule has 1 aliphatic carbocycles. The molecule has 98 valence electrons. The first-order chi connectivity index (χ1) is 8.13. The van der Waals surface area contributed by atoms with Gasteiger partial charge in [-0.3, -0.25) is 10.1 Å². The second-order valence-corrected chi connectivity index (χ2v) is 5.67. The molecule has 17 heavy (non-hydrogen) atoms. The largest absolute Gasteiger partial charge is 0.323 e. The summed E-state index contributed by atoms with van der Waals surface area (Å²) in [6, 6.07) is 0.585. The summed E-state index contributed by atoms with van der Waals surface area (Å²) in [6.07, 6.45) is 4.79. The Morgan fingerprint density at radius 3 is 2.53 bits per heavy atom. The van der Waals surface area contributed by atoms with Gasteiger partial charge in [-0.1, -0.05) is 40.5 Å². The maximum Gasteiger partial charge on any atom is 0.241 e. The van der Waals surface area contributed by atoms with E-state index in [-0.39, 0.29) is 12.2 Å². The molecule has 2 aliphatic rings. The van der Waals surface area contributed by atoms with Crippen LogP contribution >= 0.6 is 0 Å². The van der Waals surface area contributed by atoms with Crippen molar-refractivity contribution >= 4 is 5.91 Å². The van der Waals surface area contributed by atoms with E-state index in [0.29, 0.717) is 17.9 Å². The van der Waals surface area contributed by atoms with Gasteiger partial charge in [0.2, 0.25) is 5.91 Å². The molecule has 0 aromatic heterocycles. The Bertz CT molecular complexity index is 292. The molecule has 0 radical (unpaired) electrons. The molecule has 0 bridgehead atoms. The van der Waals surface area contributed by atoms with Gasteiger partial charge < -0.3 is 4.90 Å². The summed E-state index contributed by atoms with van der Waals surface area (Å²) in [5.74, 6) is 1.55. The van der Waals surface area contributed by atoms with Crippen LogP contribution in [0.4, 0.5) is 0 Å². The van der Waals surface area contributed by atoms with Crippen molar-refractivity contribution in [1.82, 2.24) is 10.2 Å². The van der Waals surface area contributed by atoms with E-state index in [2.05, 4.69) is 37.9 Å². The number of carbonyl (C=O) groups is 1. The van der Waals surface area contributed by atoms with Gasteiger partial charge in [0.1, 0.15) is 0 Å². The zero-order chi connectivity index (χ0) is 12.6. The maximum absolute atomic E-state index is 12.5. The summed E-state index contributed by atoms with van der Waals surface area (Å²) in [7, 11) is 0. The number of carbonyl (C=O) groups excluding carboxylic acids is 1. The van der Waals surface area contributed by atoms with Crippen LogP contribution in [0.3, 0.4) is 0 Å². The summed E-state index contributed by atoms with van der Waals surface area (Å²) in [5, 5.41) is 3.53. The molecule has 1 saturated heterocycles. The second-order valence-electron chi connectivity index (χ2n) is 5.67. The third-order valence-electron chi connectivity index (χ3n) is 4.59. The monoisotopic (exact) mass is 238 g/mol. The van der Waals surface area contributed by atoms with E-state index in [1.165, 1.54) is 12.8 Å². The molecule has 1 N–H and O–H groups in total. The molecule has 3 heteroatoms. The smallest absolute Gasteiger partial charge is 0.241 e. The summed E-state index contributed by atoms with van der Waals surface area (Å²) < 4.78 is 0. The number of hydrogen-bond acceptors (Lipinski definition) is 2. The zero-order valence-corrected chi connectivity index (χ0v) is 11.6. The molecule has 3 nitrogen and oxygen atoms in total. The van der Waals surface area contributed by atoms with E-state index < -0.39 is 0 Å². The highest BCUT2D eigenvalue weighted by atomic mass is 16.2. The van der Waals surface area contributed by atoms with Gasteiger partial charge in [0.05, 0.1) is 12.2 Å². The first-order valence-electron chi connectivity index (χ1n) is 7.22. The molecule has 1 saturated carbocycles. The van der Waals surface area contributed by atoms with Crippen LogP contribution in [0, 0.1) is 11.8 Å². The van der Waals surface area contributed by atoms with Crippen molar-refractivity contribution in [1.29, 1.82) is 0 Å². The number of amides is 1. The lowest BCUT2D eigenvalue weighted by Gasteiger charge is -2.23. The number of nitrogens with zero attached hydrogens (tertiary/aromatic N) is 1. The highest BCUT2D eigenvalue weighted by molar-refractivity contribution is 5.85. The van der Waals surface area contributed by atoms with E-state index in [1.54, 1.807) is 0 Å². The van der Waals surface area contributed by atoms with Crippen molar-refractivity contribution in [3.05, 3.63) is 0 Å². The van der Waals surface area contributed by atoms with Crippen LogP contribution in [0.2, 0.25) is 0 Å². The van der Waals surface area contributed by atoms with Crippen LogP contribution < -0.4 is 5.32 Å². The predicted octanol–water partition coefficient (Wildman–Crippen LogP) is 2.37. The molecule has 2 fully saturated rings. The summed E-state index contributed by atoms with van der Waals surface area (Å²) in [4.78, 5) is 14.6. The van der Waals surface area contributed by atoms with E-state index in [9.17, 15) is 4.79 Å². The van der Waals surface area contributed by atoms with Crippen LogP contribution in [0.15, 0.2) is 0 Å². The predicted molar refractivity (Wildman–Crippen MR) is 69.5 cm³/mol. The molecule has 0 spiro atoms. The fraction of sp³-hybridized carbons (Fsp3) is 0.929. The Hall–Kier alpha value is -0.570. The first kappa shape index (κ1) is 12.9. The van der Waals surface area contributed by atoms with Gasteiger partial charge in [-0.05, 0) is 24.7 Å². The molecule has 5 atom stereocenters. The van der Waals surface area contributed by atoms with Gasteiger partial charge in [0, 0.05) is 6.04 Å². The Morgan fingerprint density at radius 1 is 1.35 bits per heavy atom. The first-order valence-corrected chi connectivity index (χ1v) is 7.22. The van der Waals surface area contributed by atoms with Gasteiger partial charge in [0.15, 0.2) is 0 Å². The Balaban J connectivity index is 2.07. The van der Waals surface area contributed by atoms with Crippen LogP contribution in [0.1, 0.15) is 53.4 Å². The quantitative estimate of drug-likeness (QED) is 0.797. The Morgan fingerprint density at radius 2 is 2.06 bits per heavy atom. The van der Waals surface area contributed by atoms with E-state index in [4.69, 9.17) is 0 Å². The summed E-state index contributed by atoms with van der Waals surface area (Å²) in [5.41, 5.74) is 0. The zero-order valence-electron chi connectivity index (χ0n) is 11.6. The number of hydrogen-bond donors (Lipinski definition) is 1. The van der Waals surface area contributed by atoms with Crippen molar-refractivity contribution < 1.29 is 4.79 Å². The number of rotatable bonds is 5. The molecular weight excluding hydrogens is 212 g/mol. The number of nitrogens with one attached hydrogen (secondary N) is 1. The summed E-state index contributed by atoms with van der Waals surface area (Å²) >= 11 is 0. The molecule has 1 aliphatic heterocycles. The third kappa shape index (κ3) is 2.22. The van der Waals surface area contributed by atoms with Crippen LogP contribution in [0.25, 0.3) is 0 Å². The highest BCUT2D eigenvalue weighted by Crippen LogP contribution is 2.41. The second kappa shape index (κ2) is 4.97. The van der Waals surface area contributed by atoms with E-state index in [1.807, 2.05) is 0 Å². The molecule has 0 aromatic carbocycles. The standard InChI is InChI=1S/C14H26N2O/c1-5-9(4)13-14(17)16(12(7-3)15-13)11-8-10(11)6-2/h9-13,15H,5-8H2,1-4H3. The van der Waals surface area contributed by atoms with Crippen molar-refractivity contribution in [3.63, 3.8) is 0 Å². The molecule has 2 rings (SSSR count). The average Bonchev–Trinajstić information content (AvgIpc) is 3.04. The molecule has 0 aromatic rings. The lowest BCUT2D eigenvalue weighted by Crippen LogP contribution is -2.39. The fourth-order valence-corrected chi connectivity index (χ4v) is 3.04. The lowest BCUT2D eigenvalue weighted by molar-refractivity contribution is -0.131. The van der Waals surface area contributed by atoms with Crippen molar-refractivity contribution in [2.24, 2.45) is 11.8 Å². The Kier molecular flexibility index (Phi) is 3.76. The molecule has 5 unspecified atom stereocenters. The third-order valence-corrected chi connectivity index (χ3v) is 4.59. The summed E-state index contributed by atoms with van der Waals surface area (Å²) in [6.45, 7) is 8.73. The fourth-order valence-electron chi connectivity index (χ4n) is 3.04. The van der Waals surface area contributed by atoms with Gasteiger partial charge in [0.25, 0.3) is 0 Å². The maximum atomic E-state index is 12.5. The van der Waals surface area contributed by atoms with Crippen LogP contribution in [0.5, 0.6) is 0 Å². The SMILES string of the molecule is CCC(C)C1NC(CC)N(C2CC2CC)C1=O. The van der Waals surface area contributed by atoms with Crippen molar-refractivity contribution in [2.75, 3.05) is 0 Å².